The van der Waals surface area contributed by atoms with Crippen molar-refractivity contribution < 1.29 is 9.53 Å². The van der Waals surface area contributed by atoms with Crippen LogP contribution in [0, 0.1) is 5.92 Å². The number of aromatic nitrogens is 2. The maximum absolute atomic E-state index is 12.7. The molecule has 0 saturated carbocycles. The van der Waals surface area contributed by atoms with E-state index in [9.17, 15) is 9.59 Å². The molecule has 2 aromatic heterocycles. The van der Waals surface area contributed by atoms with Crippen LogP contribution in [0.5, 0.6) is 0 Å². The van der Waals surface area contributed by atoms with Gasteiger partial charge in [0.1, 0.15) is 10.9 Å². The monoisotopic (exact) mass is 306 g/mol. The summed E-state index contributed by atoms with van der Waals surface area (Å²) in [7, 11) is 1.32. The number of carbonyl (C=O) groups excluding carboxylic acids is 1. The second-order valence-electron chi connectivity index (χ2n) is 5.69. The van der Waals surface area contributed by atoms with Crippen molar-refractivity contribution in [2.75, 3.05) is 7.11 Å². The van der Waals surface area contributed by atoms with Gasteiger partial charge in [0.2, 0.25) is 0 Å². The van der Waals surface area contributed by atoms with E-state index in [2.05, 4.69) is 11.9 Å². The molecule has 0 bridgehead atoms. The van der Waals surface area contributed by atoms with Gasteiger partial charge in [-0.15, -0.1) is 11.3 Å². The molecule has 2 heterocycles. The van der Waals surface area contributed by atoms with Crippen molar-refractivity contribution in [3.63, 3.8) is 0 Å². The summed E-state index contributed by atoms with van der Waals surface area (Å²) < 4.78 is 6.09. The van der Waals surface area contributed by atoms with E-state index in [0.29, 0.717) is 11.3 Å². The van der Waals surface area contributed by atoms with E-state index in [4.69, 9.17) is 4.74 Å². The molecule has 0 aromatic carbocycles. The standard InChI is InChI=1S/C15H18N2O3S/c1-8-4-5-10-11(6-8)21-13-12(10)14(18)17(7-16-13)9(2)15(19)20-3/h7-9H,4-6H2,1-3H3/t8-,9+/m0/s1. The molecule has 5 nitrogen and oxygen atoms in total. The Balaban J connectivity index is 2.17. The molecule has 0 saturated heterocycles. The number of carbonyl (C=O) groups is 1. The zero-order valence-corrected chi connectivity index (χ0v) is 13.2. The van der Waals surface area contributed by atoms with Crippen LogP contribution in [-0.4, -0.2) is 22.6 Å². The molecule has 21 heavy (non-hydrogen) atoms. The molecular weight excluding hydrogens is 288 g/mol. The van der Waals surface area contributed by atoms with Gasteiger partial charge < -0.3 is 4.74 Å². The predicted molar refractivity (Wildman–Crippen MR) is 81.8 cm³/mol. The van der Waals surface area contributed by atoms with Gasteiger partial charge in [-0.25, -0.2) is 9.78 Å². The van der Waals surface area contributed by atoms with Gasteiger partial charge in [-0.1, -0.05) is 6.92 Å². The van der Waals surface area contributed by atoms with Crippen LogP contribution in [0.15, 0.2) is 11.1 Å². The van der Waals surface area contributed by atoms with Crippen molar-refractivity contribution in [3.8, 4) is 0 Å². The van der Waals surface area contributed by atoms with Gasteiger partial charge in [-0.05, 0) is 37.7 Å². The largest absolute Gasteiger partial charge is 0.467 e. The van der Waals surface area contributed by atoms with Crippen LogP contribution in [0.3, 0.4) is 0 Å². The third kappa shape index (κ3) is 2.27. The van der Waals surface area contributed by atoms with Crippen molar-refractivity contribution in [2.45, 2.75) is 39.2 Å². The van der Waals surface area contributed by atoms with Crippen LogP contribution < -0.4 is 5.56 Å². The lowest BCUT2D eigenvalue weighted by atomic mass is 9.89. The Kier molecular flexibility index (Phi) is 3.57. The summed E-state index contributed by atoms with van der Waals surface area (Å²) >= 11 is 1.61. The number of esters is 1. The summed E-state index contributed by atoms with van der Waals surface area (Å²) in [4.78, 5) is 30.8. The summed E-state index contributed by atoms with van der Waals surface area (Å²) in [6.45, 7) is 3.89. The minimum absolute atomic E-state index is 0.134. The Labute approximate surface area is 126 Å². The Bertz CT molecular complexity index is 762. The van der Waals surface area contributed by atoms with Gasteiger partial charge in [0, 0.05) is 4.88 Å². The molecule has 0 aliphatic heterocycles. The molecule has 3 rings (SSSR count). The second-order valence-corrected chi connectivity index (χ2v) is 6.77. The molecule has 1 aliphatic carbocycles. The molecule has 6 heteroatoms. The molecule has 0 amide bonds. The average molecular weight is 306 g/mol. The molecule has 0 radical (unpaired) electrons. The summed E-state index contributed by atoms with van der Waals surface area (Å²) in [5.74, 6) is 0.220. The van der Waals surface area contributed by atoms with E-state index >= 15 is 0 Å². The molecule has 1 aliphatic rings. The smallest absolute Gasteiger partial charge is 0.328 e. The Hall–Kier alpha value is -1.69. The highest BCUT2D eigenvalue weighted by atomic mass is 32.1. The molecule has 112 valence electrons. The fraction of sp³-hybridized carbons (Fsp3) is 0.533. The van der Waals surface area contributed by atoms with Gasteiger partial charge in [-0.2, -0.15) is 0 Å². The molecule has 2 aromatic rings. The van der Waals surface area contributed by atoms with Gasteiger partial charge in [0.15, 0.2) is 0 Å². The van der Waals surface area contributed by atoms with E-state index in [1.54, 1.807) is 18.3 Å². The summed E-state index contributed by atoms with van der Waals surface area (Å²) in [5.41, 5.74) is 1.00. The highest BCUT2D eigenvalue weighted by Gasteiger charge is 2.25. The van der Waals surface area contributed by atoms with E-state index in [1.165, 1.54) is 22.9 Å². The number of fused-ring (bicyclic) bond motifs is 3. The molecule has 0 unspecified atom stereocenters. The van der Waals surface area contributed by atoms with Crippen molar-refractivity contribution in [1.29, 1.82) is 0 Å². The average Bonchev–Trinajstić information content (AvgIpc) is 2.84. The highest BCUT2D eigenvalue weighted by molar-refractivity contribution is 7.18. The van der Waals surface area contributed by atoms with Crippen molar-refractivity contribution >= 4 is 27.5 Å². The topological polar surface area (TPSA) is 61.2 Å². The Morgan fingerprint density at radius 3 is 3.05 bits per heavy atom. The van der Waals surface area contributed by atoms with Crippen LogP contribution in [0.1, 0.15) is 36.8 Å². The molecule has 0 N–H and O–H groups in total. The molecule has 0 fully saturated rings. The minimum atomic E-state index is -0.655. The third-order valence-corrected chi connectivity index (χ3v) is 5.36. The zero-order chi connectivity index (χ0) is 15.1. The van der Waals surface area contributed by atoms with Crippen LogP contribution in [0.25, 0.3) is 10.2 Å². The third-order valence-electron chi connectivity index (χ3n) is 4.20. The number of methoxy groups -OCH3 is 1. The number of aryl methyl sites for hydroxylation is 1. The van der Waals surface area contributed by atoms with Gasteiger partial charge in [0.25, 0.3) is 5.56 Å². The first kappa shape index (κ1) is 14.3. The van der Waals surface area contributed by atoms with E-state index in [-0.39, 0.29) is 5.56 Å². The number of ether oxygens (including phenoxy) is 1. The Morgan fingerprint density at radius 1 is 1.57 bits per heavy atom. The van der Waals surface area contributed by atoms with Crippen LogP contribution >= 0.6 is 11.3 Å². The van der Waals surface area contributed by atoms with Crippen molar-refractivity contribution in [1.82, 2.24) is 9.55 Å². The molecule has 0 spiro atoms. The predicted octanol–water partition coefficient (Wildman–Crippen LogP) is 2.32. The number of thiophene rings is 1. The van der Waals surface area contributed by atoms with E-state index in [1.807, 2.05) is 0 Å². The first-order valence-electron chi connectivity index (χ1n) is 7.12. The lowest BCUT2D eigenvalue weighted by Gasteiger charge is -2.17. The van der Waals surface area contributed by atoms with Crippen LogP contribution in [0.2, 0.25) is 0 Å². The normalized spacial score (nSPS) is 19.3. The van der Waals surface area contributed by atoms with Gasteiger partial charge in [-0.3, -0.25) is 9.36 Å². The number of nitrogens with zero attached hydrogens (tertiary/aromatic N) is 2. The summed E-state index contributed by atoms with van der Waals surface area (Å²) in [5, 5.41) is 0.695. The van der Waals surface area contributed by atoms with Gasteiger partial charge >= 0.3 is 5.97 Å². The fourth-order valence-electron chi connectivity index (χ4n) is 2.90. The molecule has 2 atom stereocenters. The number of hydrogen-bond acceptors (Lipinski definition) is 5. The maximum Gasteiger partial charge on any atom is 0.328 e. The summed E-state index contributed by atoms with van der Waals surface area (Å²) in [6.07, 6.45) is 4.49. The summed E-state index contributed by atoms with van der Waals surface area (Å²) in [6, 6.07) is -0.655. The Morgan fingerprint density at radius 2 is 2.33 bits per heavy atom. The quantitative estimate of drug-likeness (QED) is 0.799. The second kappa shape index (κ2) is 5.26. The molecular formula is C15H18N2O3S. The lowest BCUT2D eigenvalue weighted by Crippen LogP contribution is -2.29. The van der Waals surface area contributed by atoms with Crippen molar-refractivity contribution in [3.05, 3.63) is 27.1 Å². The number of rotatable bonds is 2. The first-order chi connectivity index (χ1) is 10.0. The fourth-order valence-corrected chi connectivity index (χ4v) is 4.25. The highest BCUT2D eigenvalue weighted by Crippen LogP contribution is 2.35. The lowest BCUT2D eigenvalue weighted by molar-refractivity contribution is -0.144. The van der Waals surface area contributed by atoms with E-state index < -0.39 is 12.0 Å². The minimum Gasteiger partial charge on any atom is -0.467 e. The van der Waals surface area contributed by atoms with Gasteiger partial charge in [0.05, 0.1) is 18.8 Å². The van der Waals surface area contributed by atoms with Crippen LogP contribution in [-0.2, 0) is 22.4 Å². The SMILES string of the molecule is COC(=O)[C@@H](C)n1cnc2sc3c(c2c1=O)CC[C@H](C)C3. The maximum atomic E-state index is 12.7. The van der Waals surface area contributed by atoms with Crippen LogP contribution in [0.4, 0.5) is 0 Å². The zero-order valence-electron chi connectivity index (χ0n) is 12.4. The van der Waals surface area contributed by atoms with E-state index in [0.717, 1.165) is 29.7 Å². The first-order valence-corrected chi connectivity index (χ1v) is 7.93. The van der Waals surface area contributed by atoms with Crippen molar-refractivity contribution in [2.24, 2.45) is 5.92 Å². The number of hydrogen-bond donors (Lipinski definition) is 0.